The molecule has 0 radical (unpaired) electrons. The first-order valence-corrected chi connectivity index (χ1v) is 6.09. The molecule has 3 N–H and O–H groups in total. The maximum atomic E-state index is 11.4. The lowest BCUT2D eigenvalue weighted by Crippen LogP contribution is -2.39. The number of aliphatic hydroxyl groups is 1. The van der Waals surface area contributed by atoms with Crippen LogP contribution in [0.2, 0.25) is 0 Å². The third-order valence-corrected chi connectivity index (χ3v) is 3.29. The quantitative estimate of drug-likeness (QED) is 0.569. The summed E-state index contributed by atoms with van der Waals surface area (Å²) in [6.45, 7) is 4.46. The summed E-state index contributed by atoms with van der Waals surface area (Å²) in [5.41, 5.74) is -0.248. The van der Waals surface area contributed by atoms with E-state index in [1.165, 1.54) is 0 Å². The van der Waals surface area contributed by atoms with Crippen LogP contribution in [0.1, 0.15) is 46.0 Å². The van der Waals surface area contributed by atoms with Gasteiger partial charge in [0.15, 0.2) is 0 Å². The minimum atomic E-state index is -0.885. The second kappa shape index (κ2) is 8.06. The van der Waals surface area contributed by atoms with E-state index in [1.807, 2.05) is 13.8 Å². The minimum absolute atomic E-state index is 0.0140. The fraction of sp³-hybridized carbons (Fsp3) is 0.833. The molecular weight excluding hydrogens is 222 g/mol. The monoisotopic (exact) mass is 245 g/mol. The van der Waals surface area contributed by atoms with E-state index in [-0.39, 0.29) is 30.8 Å². The van der Waals surface area contributed by atoms with Gasteiger partial charge in [-0.1, -0.05) is 13.8 Å². The Morgan fingerprint density at radius 1 is 1.18 bits per heavy atom. The summed E-state index contributed by atoms with van der Waals surface area (Å²) in [4.78, 5) is 21.7. The number of aliphatic hydroxyl groups excluding tert-OH is 1. The molecule has 0 aromatic heterocycles. The van der Waals surface area contributed by atoms with Gasteiger partial charge in [-0.2, -0.15) is 0 Å². The van der Waals surface area contributed by atoms with Crippen LogP contribution in [-0.2, 0) is 9.59 Å². The summed E-state index contributed by atoms with van der Waals surface area (Å²) in [6.07, 6.45) is 2.19. The SMILES string of the molecule is CCC(CC)(CO)CNC(=O)CCCC(=O)O. The fourth-order valence-electron chi connectivity index (χ4n) is 1.55. The van der Waals surface area contributed by atoms with Gasteiger partial charge in [0.05, 0.1) is 6.61 Å². The number of rotatable bonds is 9. The highest BCUT2D eigenvalue weighted by molar-refractivity contribution is 5.76. The topological polar surface area (TPSA) is 86.6 Å². The van der Waals surface area contributed by atoms with Gasteiger partial charge in [0.2, 0.25) is 5.91 Å². The number of nitrogens with one attached hydrogen (secondary N) is 1. The van der Waals surface area contributed by atoms with Crippen LogP contribution in [0, 0.1) is 5.41 Å². The Kier molecular flexibility index (Phi) is 7.54. The highest BCUT2D eigenvalue weighted by atomic mass is 16.4. The van der Waals surface area contributed by atoms with E-state index >= 15 is 0 Å². The molecule has 5 heteroatoms. The van der Waals surface area contributed by atoms with Gasteiger partial charge >= 0.3 is 5.97 Å². The van der Waals surface area contributed by atoms with Crippen molar-refractivity contribution < 1.29 is 19.8 Å². The van der Waals surface area contributed by atoms with Crippen LogP contribution >= 0.6 is 0 Å². The third kappa shape index (κ3) is 6.26. The number of carboxylic acid groups (broad SMARTS) is 1. The largest absolute Gasteiger partial charge is 0.481 e. The highest BCUT2D eigenvalue weighted by Crippen LogP contribution is 2.24. The van der Waals surface area contributed by atoms with E-state index in [0.29, 0.717) is 13.0 Å². The Morgan fingerprint density at radius 2 is 1.76 bits per heavy atom. The first kappa shape index (κ1) is 15.9. The fourth-order valence-corrected chi connectivity index (χ4v) is 1.55. The molecule has 0 rings (SSSR count). The highest BCUT2D eigenvalue weighted by Gasteiger charge is 2.25. The molecule has 0 unspecified atom stereocenters. The molecule has 0 aliphatic heterocycles. The normalized spacial score (nSPS) is 11.2. The Balaban J connectivity index is 3.92. The van der Waals surface area contributed by atoms with Crippen LogP contribution in [0.3, 0.4) is 0 Å². The Hall–Kier alpha value is -1.10. The van der Waals surface area contributed by atoms with Crippen molar-refractivity contribution in [2.45, 2.75) is 46.0 Å². The summed E-state index contributed by atoms with van der Waals surface area (Å²) >= 11 is 0. The summed E-state index contributed by atoms with van der Waals surface area (Å²) in [7, 11) is 0. The number of amides is 1. The predicted octanol–water partition coefficient (Wildman–Crippen LogP) is 1.16. The summed E-state index contributed by atoms with van der Waals surface area (Å²) in [5, 5.41) is 20.5. The lowest BCUT2D eigenvalue weighted by atomic mass is 9.83. The van der Waals surface area contributed by atoms with Crippen LogP contribution in [0.25, 0.3) is 0 Å². The molecule has 0 aliphatic rings. The Bertz CT molecular complexity index is 241. The minimum Gasteiger partial charge on any atom is -0.481 e. The van der Waals surface area contributed by atoms with Crippen molar-refractivity contribution >= 4 is 11.9 Å². The second-order valence-corrected chi connectivity index (χ2v) is 4.39. The molecule has 0 heterocycles. The van der Waals surface area contributed by atoms with Gasteiger partial charge in [-0.3, -0.25) is 9.59 Å². The van der Waals surface area contributed by atoms with Gasteiger partial charge in [0.1, 0.15) is 0 Å². The van der Waals surface area contributed by atoms with Crippen LogP contribution in [0.5, 0.6) is 0 Å². The first-order valence-electron chi connectivity index (χ1n) is 6.09. The molecule has 0 aromatic carbocycles. The number of carboxylic acids is 1. The van der Waals surface area contributed by atoms with E-state index in [0.717, 1.165) is 12.8 Å². The Labute approximate surface area is 102 Å². The van der Waals surface area contributed by atoms with Crippen LogP contribution < -0.4 is 5.32 Å². The van der Waals surface area contributed by atoms with Crippen LogP contribution in [0.4, 0.5) is 0 Å². The van der Waals surface area contributed by atoms with Crippen molar-refractivity contribution in [3.63, 3.8) is 0 Å². The van der Waals surface area contributed by atoms with E-state index in [9.17, 15) is 14.7 Å². The van der Waals surface area contributed by atoms with Gasteiger partial charge < -0.3 is 15.5 Å². The van der Waals surface area contributed by atoms with Gasteiger partial charge in [0, 0.05) is 24.8 Å². The molecule has 0 saturated heterocycles. The van der Waals surface area contributed by atoms with Crippen molar-refractivity contribution in [3.8, 4) is 0 Å². The molecule has 0 aromatic rings. The van der Waals surface area contributed by atoms with Crippen LogP contribution in [0.15, 0.2) is 0 Å². The van der Waals surface area contributed by atoms with Crippen molar-refractivity contribution in [2.75, 3.05) is 13.2 Å². The van der Waals surface area contributed by atoms with Gasteiger partial charge in [-0.25, -0.2) is 0 Å². The molecule has 100 valence electrons. The van der Waals surface area contributed by atoms with Gasteiger partial charge in [0.25, 0.3) is 0 Å². The zero-order chi connectivity index (χ0) is 13.3. The molecule has 0 bridgehead atoms. The van der Waals surface area contributed by atoms with Crippen LogP contribution in [-0.4, -0.2) is 35.2 Å². The number of carbonyl (C=O) groups excluding carboxylic acids is 1. The molecular formula is C12H23NO4. The zero-order valence-electron chi connectivity index (χ0n) is 10.7. The van der Waals surface area contributed by atoms with Crippen molar-refractivity contribution in [3.05, 3.63) is 0 Å². The zero-order valence-corrected chi connectivity index (χ0v) is 10.7. The lowest BCUT2D eigenvalue weighted by Gasteiger charge is -2.29. The molecule has 0 spiro atoms. The molecule has 0 aliphatic carbocycles. The van der Waals surface area contributed by atoms with Crippen molar-refractivity contribution in [2.24, 2.45) is 5.41 Å². The van der Waals surface area contributed by atoms with E-state index < -0.39 is 5.97 Å². The molecule has 0 saturated carbocycles. The van der Waals surface area contributed by atoms with Crippen molar-refractivity contribution in [1.29, 1.82) is 0 Å². The van der Waals surface area contributed by atoms with E-state index in [2.05, 4.69) is 5.32 Å². The molecule has 5 nitrogen and oxygen atoms in total. The number of hydrogen-bond acceptors (Lipinski definition) is 3. The summed E-state index contributed by atoms with van der Waals surface area (Å²) < 4.78 is 0. The number of aliphatic carboxylic acids is 1. The number of carbonyl (C=O) groups is 2. The molecule has 1 amide bonds. The van der Waals surface area contributed by atoms with Crippen molar-refractivity contribution in [1.82, 2.24) is 5.32 Å². The third-order valence-electron chi connectivity index (χ3n) is 3.29. The summed E-state index contributed by atoms with van der Waals surface area (Å²) in [5.74, 6) is -1.03. The number of hydrogen-bond donors (Lipinski definition) is 3. The molecule has 0 fully saturated rings. The molecule has 0 atom stereocenters. The molecule has 17 heavy (non-hydrogen) atoms. The Morgan fingerprint density at radius 3 is 2.18 bits per heavy atom. The summed E-state index contributed by atoms with van der Waals surface area (Å²) in [6, 6.07) is 0. The standard InChI is InChI=1S/C12H23NO4/c1-3-12(4-2,9-14)8-13-10(15)6-5-7-11(16)17/h14H,3-9H2,1-2H3,(H,13,15)(H,16,17). The maximum absolute atomic E-state index is 11.4. The lowest BCUT2D eigenvalue weighted by molar-refractivity contribution is -0.137. The average Bonchev–Trinajstić information content (AvgIpc) is 2.31. The van der Waals surface area contributed by atoms with E-state index in [1.54, 1.807) is 0 Å². The van der Waals surface area contributed by atoms with E-state index in [4.69, 9.17) is 5.11 Å². The van der Waals surface area contributed by atoms with Gasteiger partial charge in [-0.05, 0) is 19.3 Å². The average molecular weight is 245 g/mol. The second-order valence-electron chi connectivity index (χ2n) is 4.39. The van der Waals surface area contributed by atoms with Gasteiger partial charge in [-0.15, -0.1) is 0 Å². The predicted molar refractivity (Wildman–Crippen MR) is 64.6 cm³/mol. The maximum Gasteiger partial charge on any atom is 0.303 e. The smallest absolute Gasteiger partial charge is 0.303 e. The first-order chi connectivity index (χ1) is 7.99.